The van der Waals surface area contributed by atoms with E-state index in [1.165, 1.54) is 0 Å². The topological polar surface area (TPSA) is 72.4 Å². The van der Waals surface area contributed by atoms with Crippen molar-refractivity contribution in [2.24, 2.45) is 0 Å². The minimum absolute atomic E-state index is 0.0135. The van der Waals surface area contributed by atoms with Gasteiger partial charge in [0.15, 0.2) is 0 Å². The van der Waals surface area contributed by atoms with Crippen LogP contribution in [0.1, 0.15) is 24.8 Å². The molecule has 2 fully saturated rings. The van der Waals surface area contributed by atoms with Crippen molar-refractivity contribution < 1.29 is 18.3 Å². The van der Waals surface area contributed by atoms with Crippen molar-refractivity contribution in [2.45, 2.75) is 49.9 Å². The summed E-state index contributed by atoms with van der Waals surface area (Å²) in [6.45, 7) is 0.399. The van der Waals surface area contributed by atoms with E-state index in [2.05, 4.69) is 27.6 Å². The molecule has 34 heavy (non-hydrogen) atoms. The van der Waals surface area contributed by atoms with E-state index in [1.807, 2.05) is 36.2 Å². The van der Waals surface area contributed by atoms with Crippen LogP contribution < -0.4 is 19.7 Å². The zero-order chi connectivity index (χ0) is 23.4. The lowest BCUT2D eigenvalue weighted by atomic mass is 9.95. The minimum atomic E-state index is -2.63. The van der Waals surface area contributed by atoms with E-state index in [9.17, 15) is 8.78 Å². The van der Waals surface area contributed by atoms with Gasteiger partial charge in [-0.25, -0.2) is 8.78 Å². The fourth-order valence-electron chi connectivity index (χ4n) is 5.38. The van der Waals surface area contributed by atoms with Crippen molar-refractivity contribution in [3.63, 3.8) is 0 Å². The normalized spacial score (nSPS) is 24.1. The number of aromatic nitrogens is 3. The first kappa shape index (κ1) is 21.2. The maximum absolute atomic E-state index is 14.1. The second-order valence-corrected chi connectivity index (χ2v) is 9.29. The Morgan fingerprint density at radius 2 is 1.97 bits per heavy atom. The number of rotatable bonds is 4. The molecule has 7 nitrogen and oxygen atoms in total. The number of methoxy groups -OCH3 is 1. The quantitative estimate of drug-likeness (QED) is 0.623. The van der Waals surface area contributed by atoms with Gasteiger partial charge < -0.3 is 19.7 Å². The number of anilines is 1. The highest BCUT2D eigenvalue weighted by Crippen LogP contribution is 2.42. The van der Waals surface area contributed by atoms with Crippen molar-refractivity contribution >= 4 is 5.82 Å². The van der Waals surface area contributed by atoms with Crippen LogP contribution in [0.5, 0.6) is 11.8 Å². The van der Waals surface area contributed by atoms with Crippen molar-refractivity contribution in [2.75, 3.05) is 19.1 Å². The lowest BCUT2D eigenvalue weighted by molar-refractivity contribution is -0.0128. The Morgan fingerprint density at radius 3 is 2.79 bits per heavy atom. The molecule has 2 aromatic heterocycles. The second kappa shape index (κ2) is 7.87. The van der Waals surface area contributed by atoms with Gasteiger partial charge in [0.1, 0.15) is 12.4 Å². The first-order valence-corrected chi connectivity index (χ1v) is 11.4. The second-order valence-electron chi connectivity index (χ2n) is 9.29. The summed E-state index contributed by atoms with van der Waals surface area (Å²) in [5, 5.41) is 11.0. The molecule has 6 rings (SSSR count). The molecule has 0 saturated carbocycles. The van der Waals surface area contributed by atoms with Gasteiger partial charge in [-0.2, -0.15) is 10.1 Å². The lowest BCUT2D eigenvalue weighted by Gasteiger charge is -2.36. The molecule has 2 bridgehead atoms. The van der Waals surface area contributed by atoms with E-state index < -0.39 is 12.0 Å². The van der Waals surface area contributed by atoms with E-state index in [0.717, 1.165) is 33.6 Å². The van der Waals surface area contributed by atoms with Crippen molar-refractivity contribution in [1.82, 2.24) is 20.5 Å². The molecular formula is C25H25F2N5O2. The maximum Gasteiger partial charge on any atom is 0.264 e. The zero-order valence-electron chi connectivity index (χ0n) is 19.0. The van der Waals surface area contributed by atoms with Crippen LogP contribution in [-0.4, -0.2) is 53.4 Å². The van der Waals surface area contributed by atoms with E-state index in [4.69, 9.17) is 14.5 Å². The molecule has 9 heteroatoms. The molecule has 3 atom stereocenters. The summed E-state index contributed by atoms with van der Waals surface area (Å²) >= 11 is 0. The summed E-state index contributed by atoms with van der Waals surface area (Å²) < 4.78 is 39.5. The first-order valence-electron chi connectivity index (χ1n) is 11.4. The summed E-state index contributed by atoms with van der Waals surface area (Å²) in [6, 6.07) is 11.1. The molecule has 0 aliphatic carbocycles. The van der Waals surface area contributed by atoms with Crippen LogP contribution in [0.2, 0.25) is 0 Å². The van der Waals surface area contributed by atoms with Crippen LogP contribution in [0.3, 0.4) is 0 Å². The third kappa shape index (κ3) is 3.55. The molecule has 176 valence electrons. The van der Waals surface area contributed by atoms with Gasteiger partial charge in [-0.05, 0) is 47.7 Å². The molecule has 5 heterocycles. The van der Waals surface area contributed by atoms with Gasteiger partial charge in [0.25, 0.3) is 5.92 Å². The molecular weight excluding hydrogens is 440 g/mol. The van der Waals surface area contributed by atoms with Crippen LogP contribution in [0, 0.1) is 0 Å². The number of pyridine rings is 1. The van der Waals surface area contributed by atoms with Crippen LogP contribution in [0.25, 0.3) is 22.3 Å². The highest BCUT2D eigenvalue weighted by molar-refractivity contribution is 5.78. The number of hydrogen-bond donors (Lipinski definition) is 1. The predicted molar refractivity (Wildman–Crippen MR) is 123 cm³/mol. The van der Waals surface area contributed by atoms with Crippen LogP contribution in [0.15, 0.2) is 42.6 Å². The summed E-state index contributed by atoms with van der Waals surface area (Å²) in [5.41, 5.74) is 4.96. The van der Waals surface area contributed by atoms with Gasteiger partial charge in [-0.1, -0.05) is 12.1 Å². The summed E-state index contributed by atoms with van der Waals surface area (Å²) in [4.78, 5) is 6.78. The number of hydrogen-bond acceptors (Lipinski definition) is 7. The van der Waals surface area contributed by atoms with E-state index >= 15 is 0 Å². The van der Waals surface area contributed by atoms with Crippen molar-refractivity contribution in [3.05, 3.63) is 48.2 Å². The van der Waals surface area contributed by atoms with E-state index in [-0.39, 0.29) is 18.5 Å². The minimum Gasteiger partial charge on any atom is -0.480 e. The Balaban J connectivity index is 1.26. The van der Waals surface area contributed by atoms with E-state index in [1.54, 1.807) is 13.3 Å². The Kier molecular flexibility index (Phi) is 4.91. The number of piperidine rings is 1. The number of halogens is 2. The Labute approximate surface area is 196 Å². The number of benzene rings is 1. The molecule has 1 N–H and O–H groups in total. The predicted octanol–water partition coefficient (Wildman–Crippen LogP) is 4.07. The maximum atomic E-state index is 14.1. The number of fused-ring (bicyclic) bond motifs is 5. The van der Waals surface area contributed by atoms with E-state index in [0.29, 0.717) is 31.2 Å². The van der Waals surface area contributed by atoms with Gasteiger partial charge in [0.05, 0.1) is 19.3 Å². The van der Waals surface area contributed by atoms with Gasteiger partial charge in [-0.3, -0.25) is 0 Å². The Bertz CT molecular complexity index is 1250. The van der Waals surface area contributed by atoms with Crippen LogP contribution in [-0.2, 0) is 6.61 Å². The number of nitrogens with zero attached hydrogens (tertiary/aromatic N) is 4. The SMILES string of the molecule is COc1cc(-c2ccc3c(c2)COc2nc(N(C)[C@H]4C[C@@H]5CC(F)(F)[C@H](C4)N5)ccc2-3)cnn1. The molecule has 0 spiro atoms. The van der Waals surface area contributed by atoms with Crippen molar-refractivity contribution in [3.8, 4) is 34.0 Å². The van der Waals surface area contributed by atoms with Crippen molar-refractivity contribution in [1.29, 1.82) is 0 Å². The van der Waals surface area contributed by atoms with Gasteiger partial charge in [-0.15, -0.1) is 5.10 Å². The summed E-state index contributed by atoms with van der Waals surface area (Å²) in [7, 11) is 3.50. The molecule has 0 amide bonds. The van der Waals surface area contributed by atoms with Gasteiger partial charge in [0, 0.05) is 42.7 Å². The average molecular weight is 466 g/mol. The molecule has 0 radical (unpaired) electrons. The van der Waals surface area contributed by atoms with Crippen LogP contribution >= 0.6 is 0 Å². The van der Waals surface area contributed by atoms with Gasteiger partial charge >= 0.3 is 0 Å². The largest absolute Gasteiger partial charge is 0.480 e. The first-order chi connectivity index (χ1) is 16.4. The highest BCUT2D eigenvalue weighted by atomic mass is 19.3. The summed E-state index contributed by atoms with van der Waals surface area (Å²) in [6.07, 6.45) is 2.71. The fourth-order valence-corrected chi connectivity index (χ4v) is 5.38. The Morgan fingerprint density at radius 1 is 1.12 bits per heavy atom. The molecule has 3 aliphatic rings. The molecule has 0 unspecified atom stereocenters. The molecule has 3 aromatic rings. The van der Waals surface area contributed by atoms with Gasteiger partial charge in [0.2, 0.25) is 11.8 Å². The number of alkyl halides is 2. The zero-order valence-corrected chi connectivity index (χ0v) is 19.0. The highest BCUT2D eigenvalue weighted by Gasteiger charge is 2.53. The lowest BCUT2D eigenvalue weighted by Crippen LogP contribution is -2.49. The molecule has 1 aromatic carbocycles. The summed E-state index contributed by atoms with van der Waals surface area (Å²) in [5.74, 6) is -0.863. The number of nitrogens with one attached hydrogen (secondary N) is 1. The smallest absolute Gasteiger partial charge is 0.264 e. The Hall–Kier alpha value is -3.33. The van der Waals surface area contributed by atoms with Crippen LogP contribution in [0.4, 0.5) is 14.6 Å². The molecule has 2 saturated heterocycles. The molecule has 3 aliphatic heterocycles. The monoisotopic (exact) mass is 465 g/mol. The average Bonchev–Trinajstić information content (AvgIpc) is 3.08. The standard InChI is InChI=1S/C25H25F2N5O2/c1-32(18-9-17-11-25(26,27)21(10-18)29-17)22-6-5-20-19-4-3-14(7-16(19)13-34-24(20)30-22)15-8-23(33-2)31-28-12-15/h3-8,12,17-18,21,29H,9-11,13H2,1-2H3/t17-,18+,21+/m1/s1. The fraction of sp³-hybridized carbons (Fsp3) is 0.400. The third-order valence-corrected chi connectivity index (χ3v) is 7.22. The third-order valence-electron chi connectivity index (χ3n) is 7.22. The number of ether oxygens (including phenoxy) is 2.